The normalized spacial score (nSPS) is 13.5. The number of benzene rings is 1. The van der Waals surface area contributed by atoms with Gasteiger partial charge in [0.15, 0.2) is 5.76 Å². The third-order valence-electron chi connectivity index (χ3n) is 3.00. The zero-order chi connectivity index (χ0) is 17.6. The van der Waals surface area contributed by atoms with E-state index >= 15 is 0 Å². The highest BCUT2D eigenvalue weighted by atomic mass is 19.4. The molecule has 0 bridgehead atoms. The van der Waals surface area contributed by atoms with Crippen LogP contribution >= 0.6 is 0 Å². The van der Waals surface area contributed by atoms with Crippen molar-refractivity contribution >= 4 is 16.9 Å². The van der Waals surface area contributed by atoms with Gasteiger partial charge in [-0.1, -0.05) is 6.07 Å². The molecule has 0 aliphatic carbocycles. The molecular formula is C13H7F7O3. The molecule has 1 heterocycles. The molecule has 0 radical (unpaired) electrons. The zero-order valence-electron chi connectivity index (χ0n) is 10.9. The standard InChI is InChI=1S/C13H7F7O3/c14-11(15,12(16,17)13(18,19)20)9-5-7-3-6(4-10(21)22)1-2-8(7)23-9/h1-3,5H,4H2,(H,21,22). The number of alkyl halides is 7. The molecule has 126 valence electrons. The third kappa shape index (κ3) is 2.84. The Morgan fingerprint density at radius 2 is 1.65 bits per heavy atom. The highest BCUT2D eigenvalue weighted by Gasteiger charge is 2.75. The molecular weight excluding hydrogens is 337 g/mol. The summed E-state index contributed by atoms with van der Waals surface area (Å²) in [5, 5.41) is 8.39. The molecule has 0 saturated heterocycles. The van der Waals surface area contributed by atoms with Gasteiger partial charge in [0.1, 0.15) is 5.58 Å². The van der Waals surface area contributed by atoms with Crippen LogP contribution in [0.3, 0.4) is 0 Å². The van der Waals surface area contributed by atoms with E-state index in [0.29, 0.717) is 6.07 Å². The molecule has 2 aromatic rings. The predicted octanol–water partition coefficient (Wildman–Crippen LogP) is 4.35. The minimum Gasteiger partial charge on any atom is -0.481 e. The number of hydrogen-bond acceptors (Lipinski definition) is 2. The molecule has 2 rings (SSSR count). The molecule has 1 aromatic heterocycles. The van der Waals surface area contributed by atoms with E-state index in [9.17, 15) is 35.5 Å². The number of rotatable bonds is 4. The van der Waals surface area contributed by atoms with Crippen LogP contribution in [0.25, 0.3) is 11.0 Å². The Bertz CT molecular complexity index is 746. The topological polar surface area (TPSA) is 50.4 Å². The number of halogens is 7. The number of carbonyl (C=O) groups is 1. The molecule has 1 aromatic carbocycles. The fraction of sp³-hybridized carbons (Fsp3) is 0.308. The van der Waals surface area contributed by atoms with Gasteiger partial charge in [-0.2, -0.15) is 30.7 Å². The summed E-state index contributed by atoms with van der Waals surface area (Å²) >= 11 is 0. The van der Waals surface area contributed by atoms with Gasteiger partial charge in [-0.25, -0.2) is 0 Å². The van der Waals surface area contributed by atoms with E-state index in [1.807, 2.05) is 0 Å². The van der Waals surface area contributed by atoms with Crippen LogP contribution in [-0.4, -0.2) is 23.2 Å². The summed E-state index contributed by atoms with van der Waals surface area (Å²) in [5.74, 6) is -15.0. The summed E-state index contributed by atoms with van der Waals surface area (Å²) in [6.45, 7) is 0. The average molecular weight is 344 g/mol. The average Bonchev–Trinajstić information content (AvgIpc) is 2.80. The van der Waals surface area contributed by atoms with E-state index < -0.39 is 36.2 Å². The van der Waals surface area contributed by atoms with Crippen LogP contribution in [0.5, 0.6) is 0 Å². The quantitative estimate of drug-likeness (QED) is 0.839. The van der Waals surface area contributed by atoms with Crippen LogP contribution in [0.4, 0.5) is 30.7 Å². The maximum atomic E-state index is 13.5. The molecule has 0 atom stereocenters. The molecule has 0 aliphatic heterocycles. The second-order valence-electron chi connectivity index (χ2n) is 4.70. The molecule has 3 nitrogen and oxygen atoms in total. The Labute approximate surface area is 123 Å². The van der Waals surface area contributed by atoms with Crippen LogP contribution in [0.1, 0.15) is 11.3 Å². The Morgan fingerprint density at radius 1 is 1.04 bits per heavy atom. The fourth-order valence-corrected chi connectivity index (χ4v) is 1.86. The van der Waals surface area contributed by atoms with Crippen molar-refractivity contribution in [2.75, 3.05) is 0 Å². The predicted molar refractivity (Wildman–Crippen MR) is 62.4 cm³/mol. The number of aliphatic carboxylic acids is 1. The summed E-state index contributed by atoms with van der Waals surface area (Å²) < 4.78 is 93.8. The molecule has 0 aliphatic rings. The van der Waals surface area contributed by atoms with Crippen molar-refractivity contribution < 1.29 is 45.1 Å². The Morgan fingerprint density at radius 3 is 2.17 bits per heavy atom. The van der Waals surface area contributed by atoms with Crippen molar-refractivity contribution in [3.05, 3.63) is 35.6 Å². The van der Waals surface area contributed by atoms with Crippen LogP contribution in [-0.2, 0) is 17.1 Å². The number of carboxylic acid groups (broad SMARTS) is 1. The first-order chi connectivity index (χ1) is 10.4. The first-order valence-electron chi connectivity index (χ1n) is 5.93. The van der Waals surface area contributed by atoms with Gasteiger partial charge in [0.2, 0.25) is 0 Å². The summed E-state index contributed by atoms with van der Waals surface area (Å²) in [5.41, 5.74) is -0.227. The van der Waals surface area contributed by atoms with E-state index in [1.165, 1.54) is 6.07 Å². The van der Waals surface area contributed by atoms with Crippen LogP contribution in [0.15, 0.2) is 28.7 Å². The van der Waals surface area contributed by atoms with Crippen LogP contribution < -0.4 is 0 Å². The van der Waals surface area contributed by atoms with E-state index in [2.05, 4.69) is 4.42 Å². The molecule has 10 heteroatoms. The van der Waals surface area contributed by atoms with Gasteiger partial charge >= 0.3 is 24.0 Å². The Kier molecular flexibility index (Phi) is 3.82. The lowest BCUT2D eigenvalue weighted by Crippen LogP contribution is -2.49. The fourth-order valence-electron chi connectivity index (χ4n) is 1.86. The molecule has 0 unspecified atom stereocenters. The lowest BCUT2D eigenvalue weighted by Gasteiger charge is -2.26. The van der Waals surface area contributed by atoms with E-state index in [4.69, 9.17) is 5.11 Å². The lowest BCUT2D eigenvalue weighted by atomic mass is 10.1. The highest BCUT2D eigenvalue weighted by Crippen LogP contribution is 2.52. The summed E-state index contributed by atoms with van der Waals surface area (Å²) in [7, 11) is 0. The van der Waals surface area contributed by atoms with Gasteiger partial charge in [-0.15, -0.1) is 0 Å². The minimum absolute atomic E-state index is 0.142. The van der Waals surface area contributed by atoms with Gasteiger partial charge in [0.25, 0.3) is 0 Å². The van der Waals surface area contributed by atoms with E-state index in [1.54, 1.807) is 0 Å². The Hall–Kier alpha value is -2.26. The second kappa shape index (κ2) is 5.14. The van der Waals surface area contributed by atoms with E-state index in [0.717, 1.165) is 12.1 Å². The lowest BCUT2D eigenvalue weighted by molar-refractivity contribution is -0.362. The number of carboxylic acids is 1. The first-order valence-corrected chi connectivity index (χ1v) is 5.93. The zero-order valence-corrected chi connectivity index (χ0v) is 10.9. The van der Waals surface area contributed by atoms with E-state index in [-0.39, 0.29) is 16.5 Å². The monoisotopic (exact) mass is 344 g/mol. The molecule has 0 fully saturated rings. The van der Waals surface area contributed by atoms with Crippen molar-refractivity contribution in [1.29, 1.82) is 0 Å². The molecule has 0 amide bonds. The van der Waals surface area contributed by atoms with Crippen molar-refractivity contribution in [3.63, 3.8) is 0 Å². The molecule has 0 spiro atoms. The van der Waals surface area contributed by atoms with Gasteiger partial charge < -0.3 is 9.52 Å². The highest BCUT2D eigenvalue weighted by molar-refractivity contribution is 5.80. The second-order valence-corrected chi connectivity index (χ2v) is 4.70. The number of fused-ring (bicyclic) bond motifs is 1. The smallest absolute Gasteiger partial charge is 0.460 e. The minimum atomic E-state index is -6.47. The number of hydrogen-bond donors (Lipinski definition) is 1. The van der Waals surface area contributed by atoms with Crippen molar-refractivity contribution in [2.24, 2.45) is 0 Å². The largest absolute Gasteiger partial charge is 0.481 e. The summed E-state index contributed by atoms with van der Waals surface area (Å²) in [6, 6.07) is 3.57. The van der Waals surface area contributed by atoms with Gasteiger partial charge in [0, 0.05) is 5.39 Å². The van der Waals surface area contributed by atoms with Gasteiger partial charge in [-0.05, 0) is 23.8 Å². The third-order valence-corrected chi connectivity index (χ3v) is 3.00. The maximum absolute atomic E-state index is 13.5. The van der Waals surface area contributed by atoms with Gasteiger partial charge in [-0.3, -0.25) is 4.79 Å². The first kappa shape index (κ1) is 17.1. The van der Waals surface area contributed by atoms with Crippen LogP contribution in [0, 0.1) is 0 Å². The molecule has 0 saturated carbocycles. The van der Waals surface area contributed by atoms with Crippen molar-refractivity contribution in [1.82, 2.24) is 0 Å². The Balaban J connectivity index is 2.49. The summed E-state index contributed by atoms with van der Waals surface area (Å²) in [6.07, 6.45) is -6.95. The molecule has 1 N–H and O–H groups in total. The maximum Gasteiger partial charge on any atom is 0.460 e. The van der Waals surface area contributed by atoms with Gasteiger partial charge in [0.05, 0.1) is 6.42 Å². The SMILES string of the molecule is O=C(O)Cc1ccc2oc(C(F)(F)C(F)(F)C(F)(F)F)cc2c1. The van der Waals surface area contributed by atoms with Crippen molar-refractivity contribution in [3.8, 4) is 0 Å². The van der Waals surface area contributed by atoms with Crippen LogP contribution in [0.2, 0.25) is 0 Å². The van der Waals surface area contributed by atoms with Crippen molar-refractivity contribution in [2.45, 2.75) is 24.4 Å². The summed E-state index contributed by atoms with van der Waals surface area (Å²) in [4.78, 5) is 10.5. The number of furan rings is 1. The molecule has 23 heavy (non-hydrogen) atoms.